The Bertz CT molecular complexity index is 475. The van der Waals surface area contributed by atoms with Crippen molar-refractivity contribution in [1.82, 2.24) is 15.1 Å². The summed E-state index contributed by atoms with van der Waals surface area (Å²) in [4.78, 5) is 0. The minimum Gasteiger partial charge on any atom is -0.314 e. The molecule has 3 heteroatoms. The molecule has 1 heterocycles. The van der Waals surface area contributed by atoms with Gasteiger partial charge in [-0.1, -0.05) is 20.8 Å². The standard InChI is InChI=1S/C17H31N3/c1-8-17(7)14(10-15(17)18-9-2)16-12(5)19-20(11(3)4)13(16)6/h11,14-15,18H,8-10H2,1-7H3. The van der Waals surface area contributed by atoms with Crippen molar-refractivity contribution < 1.29 is 0 Å². The molecule has 0 aliphatic heterocycles. The number of nitrogens with zero attached hydrogens (tertiary/aromatic N) is 2. The molecular formula is C17H31N3. The molecule has 20 heavy (non-hydrogen) atoms. The van der Waals surface area contributed by atoms with Crippen molar-refractivity contribution in [3.05, 3.63) is 17.0 Å². The minimum atomic E-state index is 0.371. The fraction of sp³-hybridized carbons (Fsp3) is 0.824. The van der Waals surface area contributed by atoms with E-state index in [1.165, 1.54) is 29.8 Å². The van der Waals surface area contributed by atoms with Crippen LogP contribution < -0.4 is 5.32 Å². The van der Waals surface area contributed by atoms with E-state index in [1.54, 1.807) is 0 Å². The van der Waals surface area contributed by atoms with Crippen LogP contribution in [0.4, 0.5) is 0 Å². The molecule has 0 radical (unpaired) electrons. The molecule has 1 aromatic heterocycles. The minimum absolute atomic E-state index is 0.371. The Hall–Kier alpha value is -0.830. The zero-order valence-electron chi connectivity index (χ0n) is 14.2. The third kappa shape index (κ3) is 2.20. The van der Waals surface area contributed by atoms with Gasteiger partial charge in [-0.15, -0.1) is 0 Å². The zero-order valence-corrected chi connectivity index (χ0v) is 14.2. The Morgan fingerprint density at radius 2 is 2.00 bits per heavy atom. The first-order chi connectivity index (χ1) is 9.36. The molecule has 0 bridgehead atoms. The number of hydrogen-bond donors (Lipinski definition) is 1. The van der Waals surface area contributed by atoms with Gasteiger partial charge in [0, 0.05) is 17.8 Å². The summed E-state index contributed by atoms with van der Waals surface area (Å²) in [6, 6.07) is 1.10. The summed E-state index contributed by atoms with van der Waals surface area (Å²) in [5.41, 5.74) is 4.49. The highest BCUT2D eigenvalue weighted by atomic mass is 15.3. The quantitative estimate of drug-likeness (QED) is 0.883. The van der Waals surface area contributed by atoms with E-state index in [1.807, 2.05) is 0 Å². The van der Waals surface area contributed by atoms with Gasteiger partial charge in [0.25, 0.3) is 0 Å². The Kier molecular flexibility index (Phi) is 4.29. The second-order valence-electron chi connectivity index (χ2n) is 6.88. The summed E-state index contributed by atoms with van der Waals surface area (Å²) < 4.78 is 2.20. The fourth-order valence-corrected chi connectivity index (χ4v) is 4.04. The summed E-state index contributed by atoms with van der Waals surface area (Å²) in [5, 5.41) is 8.44. The fourth-order valence-electron chi connectivity index (χ4n) is 4.04. The molecule has 1 fully saturated rings. The molecule has 1 N–H and O–H groups in total. The summed E-state index contributed by atoms with van der Waals surface area (Å²) in [5.74, 6) is 0.657. The first-order valence-electron chi connectivity index (χ1n) is 8.15. The maximum Gasteiger partial charge on any atom is 0.0631 e. The molecule has 3 atom stereocenters. The van der Waals surface area contributed by atoms with Crippen molar-refractivity contribution in [3.63, 3.8) is 0 Å². The topological polar surface area (TPSA) is 29.9 Å². The third-order valence-electron chi connectivity index (χ3n) is 5.49. The number of aromatic nitrogens is 2. The van der Waals surface area contributed by atoms with Crippen LogP contribution in [-0.2, 0) is 0 Å². The molecule has 3 nitrogen and oxygen atoms in total. The van der Waals surface area contributed by atoms with Crippen LogP contribution >= 0.6 is 0 Å². The van der Waals surface area contributed by atoms with Crippen LogP contribution in [0, 0.1) is 19.3 Å². The average Bonchev–Trinajstić information content (AvgIpc) is 2.69. The summed E-state index contributed by atoms with van der Waals surface area (Å²) in [6.45, 7) is 16.9. The van der Waals surface area contributed by atoms with Crippen LogP contribution in [0.1, 0.15) is 76.4 Å². The monoisotopic (exact) mass is 277 g/mol. The Labute approximate surface area is 124 Å². The number of aryl methyl sites for hydroxylation is 1. The van der Waals surface area contributed by atoms with E-state index in [-0.39, 0.29) is 0 Å². The molecule has 2 rings (SSSR count). The molecule has 0 amide bonds. The lowest BCUT2D eigenvalue weighted by atomic mass is 9.53. The molecule has 1 saturated carbocycles. The number of rotatable bonds is 5. The van der Waals surface area contributed by atoms with Crippen molar-refractivity contribution in [2.24, 2.45) is 5.41 Å². The molecule has 1 aromatic rings. The molecule has 0 spiro atoms. The van der Waals surface area contributed by atoms with Crippen LogP contribution in [0.5, 0.6) is 0 Å². The Morgan fingerprint density at radius 1 is 1.35 bits per heavy atom. The van der Waals surface area contributed by atoms with Crippen molar-refractivity contribution in [2.45, 2.75) is 79.3 Å². The van der Waals surface area contributed by atoms with Gasteiger partial charge in [0.2, 0.25) is 0 Å². The van der Waals surface area contributed by atoms with Gasteiger partial charge in [-0.05, 0) is 64.0 Å². The van der Waals surface area contributed by atoms with Gasteiger partial charge in [0.1, 0.15) is 0 Å². The summed E-state index contributed by atoms with van der Waals surface area (Å²) in [7, 11) is 0. The van der Waals surface area contributed by atoms with E-state index in [9.17, 15) is 0 Å². The van der Waals surface area contributed by atoms with Crippen molar-refractivity contribution >= 4 is 0 Å². The summed E-state index contributed by atoms with van der Waals surface area (Å²) in [6.07, 6.45) is 2.48. The predicted molar refractivity (Wildman–Crippen MR) is 85.3 cm³/mol. The van der Waals surface area contributed by atoms with Gasteiger partial charge in [-0.25, -0.2) is 0 Å². The molecule has 0 saturated heterocycles. The highest BCUT2D eigenvalue weighted by Crippen LogP contribution is 2.56. The van der Waals surface area contributed by atoms with Crippen LogP contribution in [0.15, 0.2) is 0 Å². The number of nitrogens with one attached hydrogen (secondary N) is 1. The highest BCUT2D eigenvalue weighted by molar-refractivity contribution is 5.35. The van der Waals surface area contributed by atoms with E-state index < -0.39 is 0 Å². The lowest BCUT2D eigenvalue weighted by molar-refractivity contribution is 0.0447. The van der Waals surface area contributed by atoms with E-state index in [0.29, 0.717) is 23.4 Å². The maximum absolute atomic E-state index is 4.78. The lowest BCUT2D eigenvalue weighted by Crippen LogP contribution is -2.56. The average molecular weight is 277 g/mol. The van der Waals surface area contributed by atoms with Gasteiger partial charge in [-0.2, -0.15) is 5.10 Å². The van der Waals surface area contributed by atoms with Crippen molar-refractivity contribution in [2.75, 3.05) is 6.54 Å². The van der Waals surface area contributed by atoms with E-state index in [4.69, 9.17) is 5.10 Å². The molecule has 3 unspecified atom stereocenters. The van der Waals surface area contributed by atoms with E-state index in [2.05, 4.69) is 58.5 Å². The second-order valence-corrected chi connectivity index (χ2v) is 6.88. The molecular weight excluding hydrogens is 246 g/mol. The predicted octanol–water partition coefficient (Wildman–Crippen LogP) is 3.96. The first-order valence-corrected chi connectivity index (χ1v) is 8.15. The van der Waals surface area contributed by atoms with Crippen LogP contribution in [0.25, 0.3) is 0 Å². The van der Waals surface area contributed by atoms with Crippen LogP contribution in [0.2, 0.25) is 0 Å². The highest BCUT2D eigenvalue weighted by Gasteiger charge is 2.51. The van der Waals surface area contributed by atoms with E-state index >= 15 is 0 Å². The zero-order chi connectivity index (χ0) is 15.1. The van der Waals surface area contributed by atoms with Crippen molar-refractivity contribution in [3.8, 4) is 0 Å². The van der Waals surface area contributed by atoms with Gasteiger partial charge in [-0.3, -0.25) is 4.68 Å². The van der Waals surface area contributed by atoms with Gasteiger partial charge >= 0.3 is 0 Å². The summed E-state index contributed by atoms with van der Waals surface area (Å²) >= 11 is 0. The Morgan fingerprint density at radius 3 is 2.45 bits per heavy atom. The molecule has 1 aliphatic rings. The third-order valence-corrected chi connectivity index (χ3v) is 5.49. The molecule has 1 aliphatic carbocycles. The molecule has 114 valence electrons. The second kappa shape index (κ2) is 5.51. The van der Waals surface area contributed by atoms with Crippen LogP contribution in [-0.4, -0.2) is 22.4 Å². The lowest BCUT2D eigenvalue weighted by Gasteiger charge is -2.55. The van der Waals surface area contributed by atoms with Gasteiger partial charge in [0.15, 0.2) is 0 Å². The van der Waals surface area contributed by atoms with Gasteiger partial charge in [0.05, 0.1) is 5.69 Å². The maximum atomic E-state index is 4.78. The SMILES string of the molecule is CCNC1CC(c2c(C)nn(C(C)C)c2C)C1(C)CC. The van der Waals surface area contributed by atoms with Crippen molar-refractivity contribution in [1.29, 1.82) is 0 Å². The molecule has 0 aromatic carbocycles. The Balaban J connectivity index is 2.34. The van der Waals surface area contributed by atoms with Crippen LogP contribution in [0.3, 0.4) is 0 Å². The van der Waals surface area contributed by atoms with Gasteiger partial charge < -0.3 is 5.32 Å². The van der Waals surface area contributed by atoms with E-state index in [0.717, 1.165) is 6.54 Å². The normalized spacial score (nSPS) is 29.8. The largest absolute Gasteiger partial charge is 0.314 e. The first kappa shape index (κ1) is 15.6. The number of hydrogen-bond acceptors (Lipinski definition) is 2. The smallest absolute Gasteiger partial charge is 0.0631 e.